The highest BCUT2D eigenvalue weighted by Crippen LogP contribution is 2.17. The smallest absolute Gasteiger partial charge is 0.222 e. The largest absolute Gasteiger partial charge is 0.473 e. The van der Waals surface area contributed by atoms with Gasteiger partial charge in [0.05, 0.1) is 12.5 Å². The van der Waals surface area contributed by atoms with Gasteiger partial charge in [-0.2, -0.15) is 0 Å². The summed E-state index contributed by atoms with van der Waals surface area (Å²) in [5.74, 6) is 0.554. The first-order valence-corrected chi connectivity index (χ1v) is 8.30. The minimum Gasteiger partial charge on any atom is -0.473 e. The number of carbonyl (C=O) groups excluding carboxylic acids is 1. The van der Waals surface area contributed by atoms with Crippen LogP contribution in [0.2, 0.25) is 0 Å². The van der Waals surface area contributed by atoms with Crippen LogP contribution >= 0.6 is 0 Å². The van der Waals surface area contributed by atoms with Crippen molar-refractivity contribution in [3.8, 4) is 5.88 Å². The van der Waals surface area contributed by atoms with E-state index in [1.54, 1.807) is 6.20 Å². The molecule has 126 valence electrons. The highest BCUT2D eigenvalue weighted by Gasteiger charge is 2.19. The molecule has 1 amide bonds. The average molecular weight is 326 g/mol. The molecule has 1 saturated heterocycles. The lowest BCUT2D eigenvalue weighted by atomic mass is 10.1. The third kappa shape index (κ3) is 4.80. The van der Waals surface area contributed by atoms with Gasteiger partial charge in [-0.25, -0.2) is 4.98 Å². The number of carbonyl (C=O) groups is 1. The van der Waals surface area contributed by atoms with Crippen molar-refractivity contribution in [1.82, 2.24) is 10.3 Å². The van der Waals surface area contributed by atoms with Crippen LogP contribution in [-0.2, 0) is 22.7 Å². The monoisotopic (exact) mass is 326 g/mol. The molecule has 0 radical (unpaired) electrons. The Morgan fingerprint density at radius 2 is 2.12 bits per heavy atom. The van der Waals surface area contributed by atoms with Gasteiger partial charge in [0, 0.05) is 24.9 Å². The van der Waals surface area contributed by atoms with E-state index in [0.717, 1.165) is 30.6 Å². The first-order chi connectivity index (χ1) is 11.8. The predicted octanol–water partition coefficient (Wildman–Crippen LogP) is 2.85. The summed E-state index contributed by atoms with van der Waals surface area (Å²) in [5.41, 5.74) is 1.95. The van der Waals surface area contributed by atoms with E-state index in [-0.39, 0.29) is 12.0 Å². The maximum Gasteiger partial charge on any atom is 0.222 e. The summed E-state index contributed by atoms with van der Waals surface area (Å²) in [6, 6.07) is 13.7. The van der Waals surface area contributed by atoms with Gasteiger partial charge in [-0.1, -0.05) is 36.4 Å². The summed E-state index contributed by atoms with van der Waals surface area (Å²) in [7, 11) is 0. The summed E-state index contributed by atoms with van der Waals surface area (Å²) >= 11 is 0. The van der Waals surface area contributed by atoms with Gasteiger partial charge in [-0.05, 0) is 24.5 Å². The molecule has 1 aromatic heterocycles. The molecule has 0 spiro atoms. The van der Waals surface area contributed by atoms with Gasteiger partial charge in [0.15, 0.2) is 0 Å². The molecule has 1 atom stereocenters. The highest BCUT2D eigenvalue weighted by atomic mass is 16.5. The molecule has 1 aliphatic heterocycles. The first-order valence-electron chi connectivity index (χ1n) is 8.30. The number of nitrogens with one attached hydrogen (secondary N) is 1. The van der Waals surface area contributed by atoms with E-state index in [0.29, 0.717) is 25.5 Å². The lowest BCUT2D eigenvalue weighted by Crippen LogP contribution is -2.27. The Kier molecular flexibility index (Phi) is 5.80. The lowest BCUT2D eigenvalue weighted by Gasteiger charge is -2.12. The van der Waals surface area contributed by atoms with Crippen molar-refractivity contribution in [3.63, 3.8) is 0 Å². The van der Waals surface area contributed by atoms with E-state index >= 15 is 0 Å². The standard InChI is InChI=1S/C19H22N2O3/c22-18(12-17-9-5-11-23-17)21-13-16-8-4-10-20-19(16)24-14-15-6-2-1-3-7-15/h1-4,6-8,10,17H,5,9,11-14H2,(H,21,22)/t17-/m1/s1. The summed E-state index contributed by atoms with van der Waals surface area (Å²) in [6.07, 6.45) is 4.18. The molecule has 1 fully saturated rings. The molecule has 1 N–H and O–H groups in total. The number of pyridine rings is 1. The Bertz CT molecular complexity index is 655. The van der Waals surface area contributed by atoms with E-state index in [1.807, 2.05) is 42.5 Å². The lowest BCUT2D eigenvalue weighted by molar-refractivity contribution is -0.123. The second-order valence-electron chi connectivity index (χ2n) is 5.86. The summed E-state index contributed by atoms with van der Waals surface area (Å²) in [4.78, 5) is 16.3. The first kappa shape index (κ1) is 16.5. The van der Waals surface area contributed by atoms with Crippen molar-refractivity contribution in [1.29, 1.82) is 0 Å². The van der Waals surface area contributed by atoms with Crippen molar-refractivity contribution < 1.29 is 14.3 Å². The third-order valence-electron chi connectivity index (χ3n) is 3.98. The SMILES string of the molecule is O=C(C[C@H]1CCCO1)NCc1cccnc1OCc1ccccc1. The Balaban J connectivity index is 1.52. The zero-order chi connectivity index (χ0) is 16.6. The minimum atomic E-state index is -0.000220. The van der Waals surface area contributed by atoms with Crippen molar-refractivity contribution in [3.05, 3.63) is 59.8 Å². The molecule has 5 heteroatoms. The van der Waals surface area contributed by atoms with Crippen LogP contribution in [0.15, 0.2) is 48.7 Å². The maximum atomic E-state index is 12.0. The van der Waals surface area contributed by atoms with Crippen LogP contribution in [0.5, 0.6) is 5.88 Å². The molecule has 1 aromatic carbocycles. The van der Waals surface area contributed by atoms with Crippen molar-refractivity contribution >= 4 is 5.91 Å². The predicted molar refractivity (Wildman–Crippen MR) is 90.4 cm³/mol. The number of amides is 1. The van der Waals surface area contributed by atoms with Gasteiger partial charge in [0.2, 0.25) is 11.8 Å². The fourth-order valence-corrected chi connectivity index (χ4v) is 2.69. The van der Waals surface area contributed by atoms with Crippen LogP contribution in [0.1, 0.15) is 30.4 Å². The number of aromatic nitrogens is 1. The highest BCUT2D eigenvalue weighted by molar-refractivity contribution is 5.76. The van der Waals surface area contributed by atoms with E-state index in [2.05, 4.69) is 10.3 Å². The molecule has 0 saturated carbocycles. The second kappa shape index (κ2) is 8.45. The second-order valence-corrected chi connectivity index (χ2v) is 5.86. The fraction of sp³-hybridized carbons (Fsp3) is 0.368. The van der Waals surface area contributed by atoms with Crippen molar-refractivity contribution in [2.45, 2.75) is 38.5 Å². The summed E-state index contributed by atoms with van der Waals surface area (Å²) in [6.45, 7) is 1.62. The number of ether oxygens (including phenoxy) is 2. The summed E-state index contributed by atoms with van der Waals surface area (Å²) in [5, 5.41) is 2.93. The Morgan fingerprint density at radius 3 is 2.92 bits per heavy atom. The fourth-order valence-electron chi connectivity index (χ4n) is 2.69. The number of nitrogens with zero attached hydrogens (tertiary/aromatic N) is 1. The Hall–Kier alpha value is -2.40. The van der Waals surface area contributed by atoms with Gasteiger partial charge < -0.3 is 14.8 Å². The Morgan fingerprint density at radius 1 is 1.25 bits per heavy atom. The third-order valence-corrected chi connectivity index (χ3v) is 3.98. The normalized spacial score (nSPS) is 16.8. The van der Waals surface area contributed by atoms with Gasteiger partial charge >= 0.3 is 0 Å². The van der Waals surface area contributed by atoms with E-state index < -0.39 is 0 Å². The molecule has 0 unspecified atom stereocenters. The zero-order valence-corrected chi connectivity index (χ0v) is 13.6. The van der Waals surface area contributed by atoms with Gasteiger partial charge in [-0.3, -0.25) is 4.79 Å². The molecule has 2 heterocycles. The van der Waals surface area contributed by atoms with Crippen molar-refractivity contribution in [2.75, 3.05) is 6.61 Å². The number of benzene rings is 1. The van der Waals surface area contributed by atoms with Crippen LogP contribution in [0.3, 0.4) is 0 Å². The molecule has 5 nitrogen and oxygen atoms in total. The molecule has 2 aromatic rings. The quantitative estimate of drug-likeness (QED) is 0.850. The molecule has 3 rings (SSSR count). The average Bonchev–Trinajstić information content (AvgIpc) is 3.13. The van der Waals surface area contributed by atoms with Gasteiger partial charge in [-0.15, -0.1) is 0 Å². The number of hydrogen-bond donors (Lipinski definition) is 1. The van der Waals surface area contributed by atoms with Crippen LogP contribution in [-0.4, -0.2) is 23.6 Å². The molecule has 1 aliphatic rings. The van der Waals surface area contributed by atoms with Crippen LogP contribution in [0, 0.1) is 0 Å². The zero-order valence-electron chi connectivity index (χ0n) is 13.6. The van der Waals surface area contributed by atoms with E-state index in [1.165, 1.54) is 0 Å². The molecule has 0 bridgehead atoms. The molecule has 0 aliphatic carbocycles. The van der Waals surface area contributed by atoms with E-state index in [9.17, 15) is 4.79 Å². The number of hydrogen-bond acceptors (Lipinski definition) is 4. The Labute approximate surface area is 142 Å². The minimum absolute atomic E-state index is 0.000220. The maximum absolute atomic E-state index is 12.0. The summed E-state index contributed by atoms with van der Waals surface area (Å²) < 4.78 is 11.3. The van der Waals surface area contributed by atoms with Crippen LogP contribution in [0.25, 0.3) is 0 Å². The topological polar surface area (TPSA) is 60.5 Å². The van der Waals surface area contributed by atoms with Crippen LogP contribution < -0.4 is 10.1 Å². The number of rotatable bonds is 7. The molecular weight excluding hydrogens is 304 g/mol. The van der Waals surface area contributed by atoms with Gasteiger partial charge in [0.1, 0.15) is 6.61 Å². The van der Waals surface area contributed by atoms with Crippen molar-refractivity contribution in [2.24, 2.45) is 0 Å². The van der Waals surface area contributed by atoms with E-state index in [4.69, 9.17) is 9.47 Å². The van der Waals surface area contributed by atoms with Gasteiger partial charge in [0.25, 0.3) is 0 Å². The van der Waals surface area contributed by atoms with Crippen LogP contribution in [0.4, 0.5) is 0 Å². The molecular formula is C19H22N2O3. The molecule has 24 heavy (non-hydrogen) atoms.